The molecule has 5 heteroatoms. The number of nitrogens with one attached hydrogen (secondary N) is 1. The molecule has 2 aromatic heterocycles. The van der Waals surface area contributed by atoms with Crippen LogP contribution in [0.1, 0.15) is 5.82 Å². The van der Waals surface area contributed by atoms with Crippen molar-refractivity contribution in [3.63, 3.8) is 0 Å². The summed E-state index contributed by atoms with van der Waals surface area (Å²) in [5, 5.41) is 0. The van der Waals surface area contributed by atoms with Gasteiger partial charge < -0.3 is 9.72 Å². The molecule has 0 atom stereocenters. The third-order valence-electron chi connectivity index (χ3n) is 1.63. The molecule has 0 bridgehead atoms. The number of imidazole rings is 1. The molecule has 0 spiro atoms. The number of aromatic amines is 1. The Morgan fingerprint density at radius 1 is 1.62 bits per heavy atom. The Morgan fingerprint density at radius 2 is 2.46 bits per heavy atom. The predicted molar refractivity (Wildman–Crippen MR) is 52.3 cm³/mol. The van der Waals surface area contributed by atoms with E-state index in [9.17, 15) is 0 Å². The van der Waals surface area contributed by atoms with Crippen LogP contribution < -0.4 is 0 Å². The zero-order chi connectivity index (χ0) is 9.26. The highest BCUT2D eigenvalue weighted by molar-refractivity contribution is 9.10. The second-order valence-corrected chi connectivity index (χ2v) is 3.56. The second kappa shape index (κ2) is 3.43. The van der Waals surface area contributed by atoms with Gasteiger partial charge in [-0.15, -0.1) is 0 Å². The van der Waals surface area contributed by atoms with Gasteiger partial charge in [-0.3, -0.25) is 0 Å². The minimum absolute atomic E-state index is 0.480. The molecule has 2 rings (SSSR count). The molecular formula is C8H8BrN3O. The van der Waals surface area contributed by atoms with Gasteiger partial charge in [0.25, 0.3) is 0 Å². The number of nitrogens with zero attached hydrogens (tertiary/aromatic N) is 2. The summed E-state index contributed by atoms with van der Waals surface area (Å²) in [6.07, 6.45) is 1.72. The molecule has 1 N–H and O–H groups in total. The number of hydrogen-bond donors (Lipinski definition) is 1. The summed E-state index contributed by atoms with van der Waals surface area (Å²) in [6.45, 7) is 0.480. The van der Waals surface area contributed by atoms with E-state index in [1.807, 2.05) is 6.07 Å². The second-order valence-electron chi connectivity index (χ2n) is 2.64. The van der Waals surface area contributed by atoms with E-state index in [0.717, 1.165) is 21.5 Å². The van der Waals surface area contributed by atoms with Gasteiger partial charge in [-0.05, 0) is 22.0 Å². The summed E-state index contributed by atoms with van der Waals surface area (Å²) in [5.41, 5.74) is 1.64. The summed E-state index contributed by atoms with van der Waals surface area (Å²) < 4.78 is 5.89. The number of H-pyrrole nitrogens is 1. The average molecular weight is 242 g/mol. The van der Waals surface area contributed by atoms with Crippen LogP contribution in [-0.4, -0.2) is 22.1 Å². The molecule has 4 nitrogen and oxygen atoms in total. The van der Waals surface area contributed by atoms with Gasteiger partial charge in [0.1, 0.15) is 12.4 Å². The summed E-state index contributed by atoms with van der Waals surface area (Å²) in [7, 11) is 1.64. The Balaban J connectivity index is 2.49. The van der Waals surface area contributed by atoms with Crippen LogP contribution in [0.2, 0.25) is 0 Å². The first kappa shape index (κ1) is 8.65. The Labute approximate surface area is 83.5 Å². The topological polar surface area (TPSA) is 50.8 Å². The zero-order valence-corrected chi connectivity index (χ0v) is 8.63. The lowest BCUT2D eigenvalue weighted by molar-refractivity contribution is 0.179. The predicted octanol–water partition coefficient (Wildman–Crippen LogP) is 1.87. The Kier molecular flexibility index (Phi) is 2.28. The van der Waals surface area contributed by atoms with Crippen LogP contribution in [0.25, 0.3) is 11.2 Å². The smallest absolute Gasteiger partial charge is 0.177 e. The van der Waals surface area contributed by atoms with Crippen molar-refractivity contribution in [1.29, 1.82) is 0 Å². The highest BCUT2D eigenvalue weighted by Crippen LogP contribution is 2.14. The molecule has 68 valence electrons. The van der Waals surface area contributed by atoms with Gasteiger partial charge in [-0.25, -0.2) is 9.97 Å². The van der Waals surface area contributed by atoms with Crippen molar-refractivity contribution < 1.29 is 4.74 Å². The molecular weight excluding hydrogens is 234 g/mol. The lowest BCUT2D eigenvalue weighted by atomic mass is 10.4. The summed E-state index contributed by atoms with van der Waals surface area (Å²) in [4.78, 5) is 11.5. The SMILES string of the molecule is COCc1nc2ncc(Br)cc2[nH]1. The minimum Gasteiger partial charge on any atom is -0.377 e. The Hall–Kier alpha value is -0.940. The van der Waals surface area contributed by atoms with Crippen LogP contribution in [0.4, 0.5) is 0 Å². The van der Waals surface area contributed by atoms with Crippen LogP contribution in [0.5, 0.6) is 0 Å². The Morgan fingerprint density at radius 3 is 3.23 bits per heavy atom. The van der Waals surface area contributed by atoms with Crippen molar-refractivity contribution in [3.05, 3.63) is 22.6 Å². The van der Waals surface area contributed by atoms with E-state index in [-0.39, 0.29) is 0 Å². The Bertz CT molecular complexity index is 426. The van der Waals surface area contributed by atoms with Crippen molar-refractivity contribution in [2.75, 3.05) is 7.11 Å². The van der Waals surface area contributed by atoms with Gasteiger partial charge >= 0.3 is 0 Å². The number of hydrogen-bond acceptors (Lipinski definition) is 3. The molecule has 0 aliphatic heterocycles. The highest BCUT2D eigenvalue weighted by Gasteiger charge is 2.02. The molecule has 0 saturated carbocycles. The third-order valence-corrected chi connectivity index (χ3v) is 2.07. The number of ether oxygens (including phenoxy) is 1. The van der Waals surface area contributed by atoms with Crippen molar-refractivity contribution in [3.8, 4) is 0 Å². The van der Waals surface area contributed by atoms with Gasteiger partial charge in [0.2, 0.25) is 0 Å². The van der Waals surface area contributed by atoms with E-state index < -0.39 is 0 Å². The maximum Gasteiger partial charge on any atom is 0.177 e. The molecule has 13 heavy (non-hydrogen) atoms. The van der Waals surface area contributed by atoms with Crippen molar-refractivity contribution in [2.24, 2.45) is 0 Å². The molecule has 0 radical (unpaired) electrons. The molecule has 0 aromatic carbocycles. The van der Waals surface area contributed by atoms with Crippen LogP contribution in [0, 0.1) is 0 Å². The van der Waals surface area contributed by atoms with E-state index in [4.69, 9.17) is 4.74 Å². The lowest BCUT2D eigenvalue weighted by Crippen LogP contribution is -1.88. The number of fused-ring (bicyclic) bond motifs is 1. The first-order valence-corrected chi connectivity index (χ1v) is 4.58. The molecule has 0 aliphatic rings. The van der Waals surface area contributed by atoms with Gasteiger partial charge in [0.05, 0.1) is 5.52 Å². The van der Waals surface area contributed by atoms with E-state index in [2.05, 4.69) is 30.9 Å². The normalized spacial score (nSPS) is 10.9. The number of rotatable bonds is 2. The zero-order valence-electron chi connectivity index (χ0n) is 7.04. The maximum absolute atomic E-state index is 4.95. The van der Waals surface area contributed by atoms with E-state index in [0.29, 0.717) is 6.61 Å². The molecule has 0 saturated heterocycles. The number of halogens is 1. The van der Waals surface area contributed by atoms with Crippen LogP contribution in [0.3, 0.4) is 0 Å². The molecule has 0 amide bonds. The fraction of sp³-hybridized carbons (Fsp3) is 0.250. The van der Waals surface area contributed by atoms with E-state index in [1.54, 1.807) is 13.3 Å². The molecule has 0 aliphatic carbocycles. The van der Waals surface area contributed by atoms with Gasteiger partial charge in [0, 0.05) is 17.8 Å². The van der Waals surface area contributed by atoms with Crippen LogP contribution in [-0.2, 0) is 11.3 Å². The summed E-state index contributed by atoms with van der Waals surface area (Å²) in [6, 6.07) is 1.94. The maximum atomic E-state index is 4.95. The molecule has 0 fully saturated rings. The van der Waals surface area contributed by atoms with Crippen molar-refractivity contribution in [1.82, 2.24) is 15.0 Å². The number of pyridine rings is 1. The van der Waals surface area contributed by atoms with Crippen LogP contribution in [0.15, 0.2) is 16.7 Å². The highest BCUT2D eigenvalue weighted by atomic mass is 79.9. The van der Waals surface area contributed by atoms with Crippen molar-refractivity contribution >= 4 is 27.1 Å². The monoisotopic (exact) mass is 241 g/mol. The van der Waals surface area contributed by atoms with E-state index in [1.165, 1.54) is 0 Å². The summed E-state index contributed by atoms with van der Waals surface area (Å²) >= 11 is 3.34. The van der Waals surface area contributed by atoms with Gasteiger partial charge in [-0.1, -0.05) is 0 Å². The molecule has 2 heterocycles. The fourth-order valence-corrected chi connectivity index (χ4v) is 1.46. The quantitative estimate of drug-likeness (QED) is 0.874. The average Bonchev–Trinajstić information content (AvgIpc) is 2.46. The third kappa shape index (κ3) is 1.71. The van der Waals surface area contributed by atoms with E-state index >= 15 is 0 Å². The van der Waals surface area contributed by atoms with Crippen molar-refractivity contribution in [2.45, 2.75) is 6.61 Å². The molecule has 2 aromatic rings. The fourth-order valence-electron chi connectivity index (χ4n) is 1.13. The standard InChI is InChI=1S/C8H8BrN3O/c1-13-4-7-11-6-2-5(9)3-10-8(6)12-7/h2-3H,4H2,1H3,(H,10,11,12). The number of methoxy groups -OCH3 is 1. The first-order valence-electron chi connectivity index (χ1n) is 3.78. The lowest BCUT2D eigenvalue weighted by Gasteiger charge is -1.89. The van der Waals surface area contributed by atoms with Crippen LogP contribution >= 0.6 is 15.9 Å². The minimum atomic E-state index is 0.480. The van der Waals surface area contributed by atoms with Gasteiger partial charge in [-0.2, -0.15) is 0 Å². The number of aromatic nitrogens is 3. The largest absolute Gasteiger partial charge is 0.377 e. The summed E-state index contributed by atoms with van der Waals surface area (Å²) in [5.74, 6) is 0.795. The molecule has 0 unspecified atom stereocenters. The first-order chi connectivity index (χ1) is 6.29. The van der Waals surface area contributed by atoms with Gasteiger partial charge in [0.15, 0.2) is 5.65 Å².